The van der Waals surface area contributed by atoms with Gasteiger partial charge in [0.2, 0.25) is 0 Å². The second-order valence-corrected chi connectivity index (χ2v) is 6.87. The van der Waals surface area contributed by atoms with Crippen LogP contribution in [0.15, 0.2) is 26.5 Å². The van der Waals surface area contributed by atoms with Gasteiger partial charge in [0.05, 0.1) is 14.2 Å². The van der Waals surface area contributed by atoms with E-state index in [1.54, 1.807) is 11.3 Å². The summed E-state index contributed by atoms with van der Waals surface area (Å²) in [6, 6.07) is 6.02. The number of pyridine rings is 1. The zero-order chi connectivity index (χ0) is 12.0. The van der Waals surface area contributed by atoms with Crippen molar-refractivity contribution in [3.63, 3.8) is 0 Å². The minimum atomic E-state index is 0.764. The molecule has 0 aliphatic rings. The van der Waals surface area contributed by atoms with Crippen LogP contribution in [0, 0.1) is 6.92 Å². The van der Waals surface area contributed by atoms with Gasteiger partial charge in [0.15, 0.2) is 11.5 Å². The van der Waals surface area contributed by atoms with E-state index in [0.29, 0.717) is 0 Å². The van der Waals surface area contributed by atoms with E-state index in [2.05, 4.69) is 46.8 Å². The van der Waals surface area contributed by atoms with E-state index < -0.39 is 0 Å². The predicted octanol–water partition coefficient (Wildman–Crippen LogP) is 4.52. The fraction of sp³-hybridized carbons (Fsp3) is 0.0909. The molecule has 3 nitrogen and oxygen atoms in total. The van der Waals surface area contributed by atoms with Gasteiger partial charge in [0.1, 0.15) is 0 Å². The topological polar surface area (TPSA) is 41.6 Å². The molecule has 3 aromatic heterocycles. The molecule has 0 saturated heterocycles. The summed E-state index contributed by atoms with van der Waals surface area (Å²) < 4.78 is 2.11. The summed E-state index contributed by atoms with van der Waals surface area (Å²) in [5.74, 6) is 0.856. The largest absolute Gasteiger partial charge is 0.336 e. The number of rotatable bonds is 1. The molecule has 17 heavy (non-hydrogen) atoms. The lowest BCUT2D eigenvalue weighted by molar-refractivity contribution is 1.22. The Morgan fingerprint density at radius 2 is 2.06 bits per heavy atom. The van der Waals surface area contributed by atoms with E-state index in [1.807, 2.05) is 25.1 Å². The lowest BCUT2D eigenvalue weighted by Crippen LogP contribution is -1.80. The number of hydrogen-bond donors (Lipinski definition) is 1. The van der Waals surface area contributed by atoms with Gasteiger partial charge in [-0.15, -0.1) is 11.3 Å². The van der Waals surface area contributed by atoms with Crippen molar-refractivity contribution in [1.82, 2.24) is 15.0 Å². The Hall–Kier alpha value is -0.720. The Balaban J connectivity index is 2.17. The zero-order valence-electron chi connectivity index (χ0n) is 8.79. The molecule has 0 aromatic carbocycles. The molecule has 0 aliphatic carbocycles. The van der Waals surface area contributed by atoms with Crippen molar-refractivity contribution in [2.45, 2.75) is 6.92 Å². The van der Waals surface area contributed by atoms with E-state index in [-0.39, 0.29) is 0 Å². The van der Waals surface area contributed by atoms with Gasteiger partial charge >= 0.3 is 0 Å². The van der Waals surface area contributed by atoms with E-state index in [9.17, 15) is 0 Å². The Morgan fingerprint density at radius 3 is 2.76 bits per heavy atom. The molecule has 0 unspecified atom stereocenters. The van der Waals surface area contributed by atoms with Crippen LogP contribution in [0.4, 0.5) is 0 Å². The van der Waals surface area contributed by atoms with Crippen LogP contribution >= 0.6 is 43.2 Å². The monoisotopic (exact) mass is 371 g/mol. The number of H-pyrrole nitrogens is 1. The van der Waals surface area contributed by atoms with Crippen LogP contribution in [-0.2, 0) is 0 Å². The standard InChI is InChI=1S/C11H7Br2N3S/c1-5-2-3-7-10(14-5)16-11(15-7)8-4-6(12)9(13)17-8/h2-4H,1H3,(H,14,15,16). The maximum absolute atomic E-state index is 4.50. The normalized spacial score (nSPS) is 11.2. The molecule has 3 rings (SSSR count). The summed E-state index contributed by atoms with van der Waals surface area (Å²) in [4.78, 5) is 13.2. The van der Waals surface area contributed by atoms with Crippen molar-refractivity contribution in [1.29, 1.82) is 0 Å². The second kappa shape index (κ2) is 4.19. The van der Waals surface area contributed by atoms with Crippen molar-refractivity contribution in [3.05, 3.63) is 32.2 Å². The van der Waals surface area contributed by atoms with Crippen LogP contribution in [0.5, 0.6) is 0 Å². The number of halogens is 2. The highest BCUT2D eigenvalue weighted by Crippen LogP contribution is 2.37. The van der Waals surface area contributed by atoms with Crippen LogP contribution in [0.25, 0.3) is 21.9 Å². The third-order valence-corrected chi connectivity index (χ3v) is 5.63. The van der Waals surface area contributed by atoms with E-state index >= 15 is 0 Å². The number of fused-ring (bicyclic) bond motifs is 1. The first-order valence-corrected chi connectivity index (χ1v) is 7.32. The van der Waals surface area contributed by atoms with Crippen molar-refractivity contribution in [3.8, 4) is 10.7 Å². The van der Waals surface area contributed by atoms with E-state index in [4.69, 9.17) is 0 Å². The van der Waals surface area contributed by atoms with Crippen LogP contribution in [-0.4, -0.2) is 15.0 Å². The Labute approximate surface area is 119 Å². The SMILES string of the molecule is Cc1ccc2[nH]c(-c3cc(Br)c(Br)s3)nc2n1. The van der Waals surface area contributed by atoms with Crippen LogP contribution in [0.1, 0.15) is 5.69 Å². The fourth-order valence-corrected chi connectivity index (χ4v) is 3.55. The highest BCUT2D eigenvalue weighted by molar-refractivity contribution is 9.13. The number of aryl methyl sites for hydroxylation is 1. The molecular weight excluding hydrogens is 366 g/mol. The first kappa shape index (κ1) is 11.4. The number of aromatic amines is 1. The summed E-state index contributed by atoms with van der Waals surface area (Å²) in [7, 11) is 0. The van der Waals surface area contributed by atoms with Gasteiger partial charge < -0.3 is 4.98 Å². The molecule has 3 aromatic rings. The maximum Gasteiger partial charge on any atom is 0.178 e. The number of thiophene rings is 1. The van der Waals surface area contributed by atoms with Gasteiger partial charge in [-0.3, -0.25) is 0 Å². The van der Waals surface area contributed by atoms with Gasteiger partial charge in [0, 0.05) is 10.2 Å². The van der Waals surface area contributed by atoms with Crippen LogP contribution in [0.2, 0.25) is 0 Å². The van der Waals surface area contributed by atoms with Gasteiger partial charge in [-0.05, 0) is 57.0 Å². The molecule has 86 valence electrons. The van der Waals surface area contributed by atoms with Crippen molar-refractivity contribution in [2.75, 3.05) is 0 Å². The quantitative estimate of drug-likeness (QED) is 0.682. The summed E-state index contributed by atoms with van der Waals surface area (Å²) in [5, 5.41) is 0. The first-order chi connectivity index (χ1) is 8.13. The number of aromatic nitrogens is 3. The average Bonchev–Trinajstić information content (AvgIpc) is 2.83. The second-order valence-electron chi connectivity index (χ2n) is 3.64. The smallest absolute Gasteiger partial charge is 0.178 e. The molecule has 0 aliphatic heterocycles. The van der Waals surface area contributed by atoms with Gasteiger partial charge in [-0.25, -0.2) is 9.97 Å². The van der Waals surface area contributed by atoms with Gasteiger partial charge in [-0.2, -0.15) is 0 Å². The van der Waals surface area contributed by atoms with Gasteiger partial charge in [-0.1, -0.05) is 0 Å². The van der Waals surface area contributed by atoms with Crippen molar-refractivity contribution >= 4 is 54.4 Å². The lowest BCUT2D eigenvalue weighted by Gasteiger charge is -1.88. The summed E-state index contributed by atoms with van der Waals surface area (Å²) in [6.45, 7) is 1.96. The third-order valence-electron chi connectivity index (χ3n) is 2.36. The molecule has 0 atom stereocenters. The molecular formula is C11H7Br2N3S. The minimum absolute atomic E-state index is 0.764. The Kier molecular flexibility index (Phi) is 2.80. The number of nitrogens with zero attached hydrogens (tertiary/aromatic N) is 2. The Morgan fingerprint density at radius 1 is 1.24 bits per heavy atom. The molecule has 0 spiro atoms. The number of nitrogens with one attached hydrogen (secondary N) is 1. The third kappa shape index (κ3) is 2.05. The zero-order valence-corrected chi connectivity index (χ0v) is 12.8. The summed E-state index contributed by atoms with van der Waals surface area (Å²) in [5.41, 5.74) is 2.70. The molecule has 6 heteroatoms. The molecule has 0 fully saturated rings. The van der Waals surface area contributed by atoms with Crippen LogP contribution < -0.4 is 0 Å². The molecule has 0 saturated carbocycles. The highest BCUT2D eigenvalue weighted by Gasteiger charge is 2.11. The number of imidazole rings is 1. The molecule has 0 bridgehead atoms. The maximum atomic E-state index is 4.50. The molecule has 0 radical (unpaired) electrons. The summed E-state index contributed by atoms with van der Waals surface area (Å²) >= 11 is 8.59. The predicted molar refractivity (Wildman–Crippen MR) is 77.3 cm³/mol. The number of hydrogen-bond acceptors (Lipinski definition) is 3. The van der Waals surface area contributed by atoms with Crippen LogP contribution in [0.3, 0.4) is 0 Å². The fourth-order valence-electron chi connectivity index (χ4n) is 1.57. The first-order valence-electron chi connectivity index (χ1n) is 4.92. The molecule has 0 amide bonds. The molecule has 3 heterocycles. The summed E-state index contributed by atoms with van der Waals surface area (Å²) in [6.07, 6.45) is 0. The minimum Gasteiger partial charge on any atom is -0.336 e. The molecule has 1 N–H and O–H groups in total. The highest BCUT2D eigenvalue weighted by atomic mass is 79.9. The van der Waals surface area contributed by atoms with E-state index in [1.165, 1.54) is 0 Å². The van der Waals surface area contributed by atoms with Crippen molar-refractivity contribution < 1.29 is 0 Å². The lowest BCUT2D eigenvalue weighted by atomic mass is 10.4. The van der Waals surface area contributed by atoms with E-state index in [0.717, 1.165) is 35.8 Å². The average molecular weight is 373 g/mol. The van der Waals surface area contributed by atoms with Crippen molar-refractivity contribution in [2.24, 2.45) is 0 Å². The van der Waals surface area contributed by atoms with Gasteiger partial charge in [0.25, 0.3) is 0 Å². The Bertz CT molecular complexity index is 682.